The lowest BCUT2D eigenvalue weighted by Gasteiger charge is -2.30. The van der Waals surface area contributed by atoms with E-state index >= 15 is 0 Å². The summed E-state index contributed by atoms with van der Waals surface area (Å²) < 4.78 is 10.6. The molecule has 2 saturated heterocycles. The first-order chi connectivity index (χ1) is 12.2. The van der Waals surface area contributed by atoms with E-state index in [1.807, 2.05) is 24.3 Å². The molecule has 7 heteroatoms. The summed E-state index contributed by atoms with van der Waals surface area (Å²) in [6, 6.07) is 7.66. The number of rotatable bonds is 7. The van der Waals surface area contributed by atoms with Gasteiger partial charge in [0.05, 0.1) is 13.2 Å². The molecule has 1 aromatic carbocycles. The molecule has 25 heavy (non-hydrogen) atoms. The van der Waals surface area contributed by atoms with E-state index in [9.17, 15) is 9.90 Å². The lowest BCUT2D eigenvalue weighted by atomic mass is 10.0. The van der Waals surface area contributed by atoms with Gasteiger partial charge in [0.15, 0.2) is 0 Å². The second-order valence-electron chi connectivity index (χ2n) is 6.63. The normalized spacial score (nSPS) is 26.1. The molecule has 7 nitrogen and oxygen atoms in total. The van der Waals surface area contributed by atoms with Gasteiger partial charge in [-0.05, 0) is 43.6 Å². The highest BCUT2D eigenvalue weighted by atomic mass is 16.6. The Kier molecular flexibility index (Phi) is 6.12. The molecule has 1 aromatic rings. The van der Waals surface area contributed by atoms with Crippen LogP contribution in [0.4, 0.5) is 4.79 Å². The number of β-amino-alcohol motifs (C(OH)–C–C–N with tert-alkyl or cyclic N) is 1. The number of carbonyl (C=O) groups is 1. The zero-order valence-electron chi connectivity index (χ0n) is 14.6. The Morgan fingerprint density at radius 2 is 2.12 bits per heavy atom. The van der Waals surface area contributed by atoms with Crippen molar-refractivity contribution < 1.29 is 19.4 Å². The predicted octanol–water partition coefficient (Wildman–Crippen LogP) is 0.371. The highest BCUT2D eigenvalue weighted by Crippen LogP contribution is 2.19. The summed E-state index contributed by atoms with van der Waals surface area (Å²) in [4.78, 5) is 14.3. The van der Waals surface area contributed by atoms with Crippen molar-refractivity contribution >= 4 is 6.09 Å². The number of amides is 1. The first-order valence-electron chi connectivity index (χ1n) is 8.87. The predicted molar refractivity (Wildman–Crippen MR) is 93.8 cm³/mol. The fourth-order valence-corrected chi connectivity index (χ4v) is 3.22. The van der Waals surface area contributed by atoms with Crippen molar-refractivity contribution in [3.8, 4) is 5.75 Å². The Morgan fingerprint density at radius 1 is 1.36 bits per heavy atom. The molecule has 138 valence electrons. The van der Waals surface area contributed by atoms with E-state index in [-0.39, 0.29) is 6.04 Å². The minimum Gasteiger partial charge on any atom is -0.497 e. The second-order valence-corrected chi connectivity index (χ2v) is 6.63. The van der Waals surface area contributed by atoms with Crippen molar-refractivity contribution in [2.24, 2.45) is 0 Å². The number of alkyl carbamates (subject to hydrolysis) is 1. The number of aliphatic hydroxyl groups is 1. The van der Waals surface area contributed by atoms with Crippen LogP contribution in [0.1, 0.15) is 12.0 Å². The first kappa shape index (κ1) is 18.0. The Labute approximate surface area is 148 Å². The smallest absolute Gasteiger partial charge is 0.407 e. The third-order valence-corrected chi connectivity index (χ3v) is 4.87. The van der Waals surface area contributed by atoms with Gasteiger partial charge in [-0.15, -0.1) is 0 Å². The number of hydrogen-bond acceptors (Lipinski definition) is 6. The third kappa shape index (κ3) is 4.84. The molecular weight excluding hydrogens is 322 g/mol. The first-order valence-corrected chi connectivity index (χ1v) is 8.87. The highest BCUT2D eigenvalue weighted by molar-refractivity contribution is 5.67. The number of carbonyl (C=O) groups excluding carboxylic acids is 1. The minimum absolute atomic E-state index is 0.107. The second kappa shape index (κ2) is 8.51. The molecular formula is C18H27N3O4. The largest absolute Gasteiger partial charge is 0.497 e. The molecule has 0 radical (unpaired) electrons. The molecule has 0 bridgehead atoms. The summed E-state index contributed by atoms with van der Waals surface area (Å²) in [6.45, 7) is 4.04. The number of nitrogens with zero attached hydrogens (tertiary/aromatic N) is 1. The Bertz CT molecular complexity index is 562. The molecule has 2 fully saturated rings. The molecule has 1 amide bonds. The number of likely N-dealkylation sites (tertiary alicyclic amines) is 1. The summed E-state index contributed by atoms with van der Waals surface area (Å²) in [5, 5.41) is 16.1. The topological polar surface area (TPSA) is 83.1 Å². The Balaban J connectivity index is 1.48. The monoisotopic (exact) mass is 349 g/mol. The molecule has 0 aliphatic carbocycles. The summed E-state index contributed by atoms with van der Waals surface area (Å²) in [7, 11) is 1.63. The number of methoxy groups -OCH3 is 1. The molecule has 0 aromatic heterocycles. The van der Waals surface area contributed by atoms with Crippen LogP contribution in [-0.4, -0.2) is 74.2 Å². The van der Waals surface area contributed by atoms with Crippen LogP contribution in [0.15, 0.2) is 24.3 Å². The fourth-order valence-electron chi connectivity index (χ4n) is 3.22. The van der Waals surface area contributed by atoms with Crippen LogP contribution in [0.2, 0.25) is 0 Å². The van der Waals surface area contributed by atoms with Gasteiger partial charge >= 0.3 is 6.09 Å². The van der Waals surface area contributed by atoms with Gasteiger partial charge in [0, 0.05) is 19.6 Å². The van der Waals surface area contributed by atoms with Gasteiger partial charge in [0.25, 0.3) is 0 Å². The van der Waals surface area contributed by atoms with Crippen molar-refractivity contribution in [1.82, 2.24) is 15.5 Å². The molecule has 0 saturated carbocycles. The summed E-state index contributed by atoms with van der Waals surface area (Å²) in [5.41, 5.74) is 1.10. The van der Waals surface area contributed by atoms with E-state index < -0.39 is 18.3 Å². The molecule has 2 heterocycles. The van der Waals surface area contributed by atoms with Gasteiger partial charge in [0.1, 0.15) is 18.0 Å². The highest BCUT2D eigenvalue weighted by Gasteiger charge is 2.37. The lowest BCUT2D eigenvalue weighted by molar-refractivity contribution is 0.0185. The maximum absolute atomic E-state index is 12.0. The van der Waals surface area contributed by atoms with E-state index in [1.54, 1.807) is 7.11 Å². The van der Waals surface area contributed by atoms with Crippen molar-refractivity contribution in [3.05, 3.63) is 29.8 Å². The molecule has 0 spiro atoms. The Hall–Kier alpha value is -1.83. The maximum Gasteiger partial charge on any atom is 0.407 e. The van der Waals surface area contributed by atoms with E-state index in [2.05, 4.69) is 15.5 Å². The number of benzene rings is 1. The lowest BCUT2D eigenvalue weighted by Crippen LogP contribution is -2.45. The average molecular weight is 349 g/mol. The fraction of sp³-hybridized carbons (Fsp3) is 0.611. The molecule has 0 unspecified atom stereocenters. The number of hydrogen-bond donors (Lipinski definition) is 3. The minimum atomic E-state index is -0.690. The molecule has 2 aliphatic rings. The van der Waals surface area contributed by atoms with Gasteiger partial charge in [0.2, 0.25) is 0 Å². The molecule has 3 N–H and O–H groups in total. The standard InChI is InChI=1S/C18H27N3O4/c1-24-14-5-3-13(4-6-14)11-15-17(16(22)12-20-15)25-18(23)19-7-10-21-8-2-9-21/h3-6,15-17,20,22H,2,7-12H2,1H3,(H,19,23)/t15-,16+,17+/m1/s1. The van der Waals surface area contributed by atoms with Crippen molar-refractivity contribution in [3.63, 3.8) is 0 Å². The summed E-state index contributed by atoms with van der Waals surface area (Å²) in [6.07, 6.45) is 0.202. The van der Waals surface area contributed by atoms with Crippen molar-refractivity contribution in [2.45, 2.75) is 31.1 Å². The SMILES string of the molecule is COc1ccc(C[C@H]2NC[C@H](O)[C@H]2OC(=O)NCCN2CCC2)cc1. The van der Waals surface area contributed by atoms with Gasteiger partial charge in [-0.1, -0.05) is 12.1 Å². The van der Waals surface area contributed by atoms with Crippen LogP contribution in [0.25, 0.3) is 0 Å². The van der Waals surface area contributed by atoms with Crippen LogP contribution >= 0.6 is 0 Å². The number of aliphatic hydroxyl groups excluding tert-OH is 1. The van der Waals surface area contributed by atoms with Crippen LogP contribution in [0.5, 0.6) is 5.75 Å². The van der Waals surface area contributed by atoms with Gasteiger partial charge in [-0.25, -0.2) is 4.79 Å². The van der Waals surface area contributed by atoms with E-state index in [4.69, 9.17) is 9.47 Å². The van der Waals surface area contributed by atoms with E-state index in [0.29, 0.717) is 19.5 Å². The van der Waals surface area contributed by atoms with E-state index in [0.717, 1.165) is 30.9 Å². The third-order valence-electron chi connectivity index (χ3n) is 4.87. The average Bonchev–Trinajstić information content (AvgIpc) is 2.91. The maximum atomic E-state index is 12.0. The number of ether oxygens (including phenoxy) is 2. The van der Waals surface area contributed by atoms with Crippen LogP contribution in [-0.2, 0) is 11.2 Å². The van der Waals surface area contributed by atoms with Crippen LogP contribution in [0.3, 0.4) is 0 Å². The molecule has 3 atom stereocenters. The van der Waals surface area contributed by atoms with Crippen molar-refractivity contribution in [1.29, 1.82) is 0 Å². The number of nitrogens with one attached hydrogen (secondary N) is 2. The molecule has 3 rings (SSSR count). The summed E-state index contributed by atoms with van der Waals surface area (Å²) >= 11 is 0. The van der Waals surface area contributed by atoms with Crippen LogP contribution in [0, 0.1) is 0 Å². The van der Waals surface area contributed by atoms with E-state index in [1.165, 1.54) is 6.42 Å². The van der Waals surface area contributed by atoms with Crippen LogP contribution < -0.4 is 15.4 Å². The van der Waals surface area contributed by atoms with Gasteiger partial charge < -0.3 is 30.1 Å². The quantitative estimate of drug-likeness (QED) is 0.660. The van der Waals surface area contributed by atoms with Gasteiger partial charge in [-0.3, -0.25) is 0 Å². The summed E-state index contributed by atoms with van der Waals surface area (Å²) in [5.74, 6) is 0.803. The molecule has 2 aliphatic heterocycles. The van der Waals surface area contributed by atoms with Crippen molar-refractivity contribution in [2.75, 3.05) is 39.8 Å². The van der Waals surface area contributed by atoms with Gasteiger partial charge in [-0.2, -0.15) is 0 Å². The Morgan fingerprint density at radius 3 is 2.76 bits per heavy atom. The zero-order valence-corrected chi connectivity index (χ0v) is 14.6. The zero-order chi connectivity index (χ0) is 17.6.